The first-order chi connectivity index (χ1) is 11.6. The number of rotatable bonds is 3. The lowest BCUT2D eigenvalue weighted by Crippen LogP contribution is -2.58. The number of aromatic nitrogens is 1. The molecule has 1 aromatic carbocycles. The summed E-state index contributed by atoms with van der Waals surface area (Å²) in [5.74, 6) is -0.250. The molecule has 25 heavy (non-hydrogen) atoms. The van der Waals surface area contributed by atoms with Gasteiger partial charge in [0, 0.05) is 43.8 Å². The number of carbonyl (C=O) groups is 2. The standard InChI is InChI=1S/C19H23N3O2.ClH/c1-20-11-15(14-5-3-4-6-16(14)20)18(23)19(24)21(2)17-12-22-9-7-13(17)8-10-22;/h3-6,11,13,17H,7-10,12H2,1-2H3;1H. The van der Waals surface area contributed by atoms with Crippen LogP contribution in [0.2, 0.25) is 0 Å². The van der Waals surface area contributed by atoms with Gasteiger partial charge in [-0.05, 0) is 37.9 Å². The molecule has 0 N–H and O–H groups in total. The molecule has 0 aliphatic carbocycles. The van der Waals surface area contributed by atoms with Crippen LogP contribution in [0.1, 0.15) is 23.2 Å². The summed E-state index contributed by atoms with van der Waals surface area (Å²) in [7, 11) is 3.69. The van der Waals surface area contributed by atoms with Gasteiger partial charge in [0.05, 0.1) is 5.56 Å². The molecule has 1 amide bonds. The number of aryl methyl sites for hydroxylation is 1. The molecule has 2 bridgehead atoms. The molecule has 0 saturated carbocycles. The molecule has 3 saturated heterocycles. The van der Waals surface area contributed by atoms with Crippen molar-refractivity contribution in [2.24, 2.45) is 13.0 Å². The number of Topliss-reactive ketones (excluding diaryl/α,β-unsaturated/α-hetero) is 1. The Hall–Kier alpha value is -1.85. The van der Waals surface area contributed by atoms with Crippen molar-refractivity contribution in [2.45, 2.75) is 18.9 Å². The van der Waals surface area contributed by atoms with E-state index in [-0.39, 0.29) is 24.4 Å². The summed E-state index contributed by atoms with van der Waals surface area (Å²) in [4.78, 5) is 29.8. The summed E-state index contributed by atoms with van der Waals surface area (Å²) in [5, 5.41) is 0.848. The maximum absolute atomic E-state index is 12.8. The van der Waals surface area contributed by atoms with Crippen molar-refractivity contribution < 1.29 is 9.59 Å². The molecule has 6 heteroatoms. The van der Waals surface area contributed by atoms with Crippen molar-refractivity contribution in [1.29, 1.82) is 0 Å². The molecule has 5 nitrogen and oxygen atoms in total. The molecule has 1 aromatic heterocycles. The van der Waals surface area contributed by atoms with Gasteiger partial charge in [-0.3, -0.25) is 9.59 Å². The SMILES string of the molecule is CN(C(=O)C(=O)c1cn(C)c2ccccc12)C1CN2CCC1CC2.Cl. The predicted molar refractivity (Wildman–Crippen MR) is 100 cm³/mol. The molecular weight excluding hydrogens is 338 g/mol. The summed E-state index contributed by atoms with van der Waals surface area (Å²) < 4.78 is 1.91. The lowest BCUT2D eigenvalue weighted by molar-refractivity contribution is -0.130. The van der Waals surface area contributed by atoms with Gasteiger partial charge in [-0.25, -0.2) is 0 Å². The van der Waals surface area contributed by atoms with Gasteiger partial charge >= 0.3 is 0 Å². The van der Waals surface area contributed by atoms with Crippen LogP contribution in [0.4, 0.5) is 0 Å². The van der Waals surface area contributed by atoms with E-state index in [0.29, 0.717) is 11.5 Å². The molecule has 5 rings (SSSR count). The Morgan fingerprint density at radius 1 is 1.16 bits per heavy atom. The highest BCUT2D eigenvalue weighted by atomic mass is 35.5. The van der Waals surface area contributed by atoms with Crippen LogP contribution in [-0.4, -0.2) is 58.8 Å². The minimum absolute atomic E-state index is 0. The van der Waals surface area contributed by atoms with Crippen molar-refractivity contribution in [3.8, 4) is 0 Å². The molecule has 134 valence electrons. The Morgan fingerprint density at radius 2 is 1.84 bits per heavy atom. The van der Waals surface area contributed by atoms with Gasteiger partial charge < -0.3 is 14.4 Å². The molecule has 0 spiro atoms. The largest absolute Gasteiger partial charge is 0.350 e. The number of piperidine rings is 3. The monoisotopic (exact) mass is 361 g/mol. The number of carbonyl (C=O) groups excluding carboxylic acids is 2. The molecule has 3 fully saturated rings. The first kappa shape index (κ1) is 18.0. The van der Waals surface area contributed by atoms with Crippen LogP contribution in [0.25, 0.3) is 10.9 Å². The number of ketones is 1. The molecule has 3 aliphatic heterocycles. The average Bonchev–Trinajstić information content (AvgIpc) is 2.98. The Bertz CT molecular complexity index is 808. The van der Waals surface area contributed by atoms with Gasteiger partial charge in [0.1, 0.15) is 0 Å². The van der Waals surface area contributed by atoms with E-state index >= 15 is 0 Å². The van der Waals surface area contributed by atoms with Gasteiger partial charge in [-0.2, -0.15) is 0 Å². The summed E-state index contributed by atoms with van der Waals surface area (Å²) in [6.07, 6.45) is 4.03. The van der Waals surface area contributed by atoms with Crippen molar-refractivity contribution in [1.82, 2.24) is 14.4 Å². The second kappa shape index (κ2) is 6.81. The van der Waals surface area contributed by atoms with E-state index in [0.717, 1.165) is 43.4 Å². The van der Waals surface area contributed by atoms with Crippen LogP contribution in [0.3, 0.4) is 0 Å². The summed E-state index contributed by atoms with van der Waals surface area (Å²) in [6, 6.07) is 7.88. The van der Waals surface area contributed by atoms with Gasteiger partial charge in [-0.15, -0.1) is 12.4 Å². The van der Waals surface area contributed by atoms with Crippen LogP contribution in [0.15, 0.2) is 30.5 Å². The van der Waals surface area contributed by atoms with Gasteiger partial charge in [0.15, 0.2) is 0 Å². The third kappa shape index (κ3) is 2.96. The van der Waals surface area contributed by atoms with E-state index in [1.54, 1.807) is 18.1 Å². The maximum atomic E-state index is 12.8. The van der Waals surface area contributed by atoms with E-state index in [9.17, 15) is 9.59 Å². The summed E-state index contributed by atoms with van der Waals surface area (Å²) in [6.45, 7) is 3.15. The number of hydrogen-bond acceptors (Lipinski definition) is 3. The molecule has 1 unspecified atom stereocenters. The fourth-order valence-corrected chi connectivity index (χ4v) is 4.32. The second-order valence-corrected chi connectivity index (χ2v) is 7.12. The summed E-state index contributed by atoms with van der Waals surface area (Å²) >= 11 is 0. The second-order valence-electron chi connectivity index (χ2n) is 7.12. The van der Waals surface area contributed by atoms with Crippen LogP contribution in [0.5, 0.6) is 0 Å². The Labute approximate surface area is 154 Å². The predicted octanol–water partition coefficient (Wildman–Crippen LogP) is 2.34. The normalized spacial score (nSPS) is 24.8. The minimum Gasteiger partial charge on any atom is -0.350 e. The topological polar surface area (TPSA) is 45.6 Å². The van der Waals surface area contributed by atoms with E-state index in [1.807, 2.05) is 35.9 Å². The van der Waals surface area contributed by atoms with Crippen LogP contribution < -0.4 is 0 Å². The Morgan fingerprint density at radius 3 is 2.48 bits per heavy atom. The zero-order valence-electron chi connectivity index (χ0n) is 14.6. The van der Waals surface area contributed by atoms with Gasteiger partial charge in [0.25, 0.3) is 11.7 Å². The number of para-hydroxylation sites is 1. The molecule has 1 atom stereocenters. The van der Waals surface area contributed by atoms with Crippen LogP contribution in [-0.2, 0) is 11.8 Å². The number of hydrogen-bond donors (Lipinski definition) is 0. The summed E-state index contributed by atoms with van der Waals surface area (Å²) in [5.41, 5.74) is 1.48. The number of halogens is 1. The van der Waals surface area contributed by atoms with Crippen molar-refractivity contribution >= 4 is 35.0 Å². The van der Waals surface area contributed by atoms with Crippen LogP contribution in [0, 0.1) is 5.92 Å². The maximum Gasteiger partial charge on any atom is 0.295 e. The molecular formula is C19H24ClN3O2. The molecule has 0 radical (unpaired) electrons. The fraction of sp³-hybridized carbons (Fsp3) is 0.474. The average molecular weight is 362 g/mol. The highest BCUT2D eigenvalue weighted by molar-refractivity contribution is 6.44. The molecule has 3 aliphatic rings. The number of amides is 1. The quantitative estimate of drug-likeness (QED) is 0.622. The lowest BCUT2D eigenvalue weighted by Gasteiger charge is -2.47. The first-order valence-corrected chi connectivity index (χ1v) is 8.64. The van der Waals surface area contributed by atoms with Crippen molar-refractivity contribution in [3.05, 3.63) is 36.0 Å². The van der Waals surface area contributed by atoms with Crippen LogP contribution >= 0.6 is 12.4 Å². The van der Waals surface area contributed by atoms with E-state index in [2.05, 4.69) is 4.90 Å². The third-order valence-electron chi connectivity index (χ3n) is 5.78. The van der Waals surface area contributed by atoms with E-state index in [1.165, 1.54) is 0 Å². The van der Waals surface area contributed by atoms with Gasteiger partial charge in [0.2, 0.25) is 0 Å². The zero-order chi connectivity index (χ0) is 16.8. The fourth-order valence-electron chi connectivity index (χ4n) is 4.32. The number of nitrogens with zero attached hydrogens (tertiary/aromatic N) is 3. The number of likely N-dealkylation sites (N-methyl/N-ethyl adjacent to an activating group) is 1. The lowest BCUT2D eigenvalue weighted by atomic mass is 9.83. The van der Waals surface area contributed by atoms with E-state index < -0.39 is 5.78 Å². The zero-order valence-corrected chi connectivity index (χ0v) is 15.5. The number of fused-ring (bicyclic) bond motifs is 4. The van der Waals surface area contributed by atoms with Crippen molar-refractivity contribution in [3.63, 3.8) is 0 Å². The third-order valence-corrected chi connectivity index (χ3v) is 5.78. The first-order valence-electron chi connectivity index (χ1n) is 8.64. The van der Waals surface area contributed by atoms with E-state index in [4.69, 9.17) is 0 Å². The van der Waals surface area contributed by atoms with Crippen molar-refractivity contribution in [2.75, 3.05) is 26.7 Å². The van der Waals surface area contributed by atoms with Gasteiger partial charge in [-0.1, -0.05) is 18.2 Å². The highest BCUT2D eigenvalue weighted by Crippen LogP contribution is 2.31. The minimum atomic E-state index is -0.397. The molecule has 4 heterocycles. The Balaban J connectivity index is 0.00000182. The highest BCUT2D eigenvalue weighted by Gasteiger charge is 2.39. The smallest absolute Gasteiger partial charge is 0.295 e. The molecule has 2 aromatic rings. The Kier molecular flexibility index (Phi) is 4.89. The number of benzene rings is 1.